The Morgan fingerprint density at radius 1 is 1.64 bits per heavy atom. The third kappa shape index (κ3) is 2.58. The maximum Gasteiger partial charge on any atom is 0.0314 e. The van der Waals surface area contributed by atoms with Gasteiger partial charge in [-0.3, -0.25) is 0 Å². The van der Waals surface area contributed by atoms with Gasteiger partial charge in [0, 0.05) is 14.2 Å². The van der Waals surface area contributed by atoms with Gasteiger partial charge in [0.05, 0.1) is 0 Å². The zero-order valence-corrected chi connectivity index (χ0v) is 8.96. The number of halogens is 1. The lowest BCUT2D eigenvalue weighted by atomic mass is 10.3. The van der Waals surface area contributed by atoms with Crippen LogP contribution in [0.15, 0.2) is 10.5 Å². The van der Waals surface area contributed by atoms with Crippen molar-refractivity contribution in [2.24, 2.45) is 5.73 Å². The van der Waals surface area contributed by atoms with Crippen LogP contribution in [-0.4, -0.2) is 6.54 Å². The van der Waals surface area contributed by atoms with E-state index in [9.17, 15) is 0 Å². The lowest BCUT2D eigenvalue weighted by Crippen LogP contribution is -1.99. The molecule has 0 aliphatic carbocycles. The molecule has 1 rings (SSSR count). The average Bonchev–Trinajstić information content (AvgIpc) is 2.28. The van der Waals surface area contributed by atoms with E-state index >= 15 is 0 Å². The molecular formula is C8H12BrNS. The minimum Gasteiger partial charge on any atom is -0.330 e. The highest BCUT2D eigenvalue weighted by Gasteiger charge is 2.01. The molecule has 0 spiro atoms. The second-order valence-electron chi connectivity index (χ2n) is 2.51. The normalized spacial score (nSPS) is 10.5. The van der Waals surface area contributed by atoms with Gasteiger partial charge < -0.3 is 5.73 Å². The van der Waals surface area contributed by atoms with Crippen LogP contribution in [0.2, 0.25) is 0 Å². The van der Waals surface area contributed by atoms with Gasteiger partial charge in [-0.15, -0.1) is 11.3 Å². The molecule has 0 saturated carbocycles. The highest BCUT2D eigenvalue weighted by atomic mass is 79.9. The first-order valence-corrected chi connectivity index (χ1v) is 5.30. The van der Waals surface area contributed by atoms with Gasteiger partial charge in [0.1, 0.15) is 0 Å². The van der Waals surface area contributed by atoms with Crippen molar-refractivity contribution >= 4 is 27.3 Å². The molecule has 11 heavy (non-hydrogen) atoms. The molecule has 1 nitrogen and oxygen atoms in total. The standard InChI is InChI=1S/C8H12BrNS/c1-6-8(9)5-7(11-6)3-2-4-10/h5H,2-4,10H2,1H3. The molecule has 0 fully saturated rings. The summed E-state index contributed by atoms with van der Waals surface area (Å²) in [7, 11) is 0. The van der Waals surface area contributed by atoms with Gasteiger partial charge in [-0.1, -0.05) is 0 Å². The van der Waals surface area contributed by atoms with Crippen LogP contribution in [0.3, 0.4) is 0 Å². The van der Waals surface area contributed by atoms with Crippen LogP contribution in [0.1, 0.15) is 16.2 Å². The third-order valence-electron chi connectivity index (χ3n) is 1.54. The summed E-state index contributed by atoms with van der Waals surface area (Å²) in [5.74, 6) is 0. The second-order valence-corrected chi connectivity index (χ2v) is 4.70. The van der Waals surface area contributed by atoms with Gasteiger partial charge >= 0.3 is 0 Å². The van der Waals surface area contributed by atoms with Gasteiger partial charge in [-0.05, 0) is 48.3 Å². The van der Waals surface area contributed by atoms with Crippen LogP contribution in [0.25, 0.3) is 0 Å². The lowest BCUT2D eigenvalue weighted by molar-refractivity contribution is 0.843. The zero-order chi connectivity index (χ0) is 8.27. The molecule has 0 bridgehead atoms. The average molecular weight is 234 g/mol. The molecule has 0 atom stereocenters. The fourth-order valence-corrected chi connectivity index (χ4v) is 2.56. The van der Waals surface area contributed by atoms with Crippen molar-refractivity contribution in [3.8, 4) is 0 Å². The minimum atomic E-state index is 0.786. The smallest absolute Gasteiger partial charge is 0.0314 e. The highest BCUT2D eigenvalue weighted by Crippen LogP contribution is 2.26. The van der Waals surface area contributed by atoms with Crippen molar-refractivity contribution in [3.63, 3.8) is 0 Å². The molecule has 62 valence electrons. The van der Waals surface area contributed by atoms with Gasteiger partial charge in [0.25, 0.3) is 0 Å². The molecular weight excluding hydrogens is 222 g/mol. The minimum absolute atomic E-state index is 0.786. The summed E-state index contributed by atoms with van der Waals surface area (Å²) in [5, 5.41) is 0. The predicted octanol–water partition coefficient (Wildman–Crippen LogP) is 2.71. The molecule has 0 aromatic carbocycles. The first kappa shape index (κ1) is 9.23. The maximum atomic E-state index is 5.41. The van der Waals surface area contributed by atoms with E-state index in [1.54, 1.807) is 0 Å². The number of hydrogen-bond donors (Lipinski definition) is 1. The molecule has 0 aliphatic heterocycles. The van der Waals surface area contributed by atoms with E-state index in [1.807, 2.05) is 11.3 Å². The molecule has 0 unspecified atom stereocenters. The molecule has 1 aromatic rings. The molecule has 0 aliphatic rings. The highest BCUT2D eigenvalue weighted by molar-refractivity contribution is 9.10. The van der Waals surface area contributed by atoms with E-state index in [1.165, 1.54) is 14.2 Å². The number of nitrogens with two attached hydrogens (primary N) is 1. The maximum absolute atomic E-state index is 5.41. The largest absolute Gasteiger partial charge is 0.330 e. The predicted molar refractivity (Wildman–Crippen MR) is 54.1 cm³/mol. The van der Waals surface area contributed by atoms with Gasteiger partial charge in [-0.25, -0.2) is 0 Å². The summed E-state index contributed by atoms with van der Waals surface area (Å²) in [5.41, 5.74) is 5.41. The van der Waals surface area contributed by atoms with Crippen LogP contribution >= 0.6 is 27.3 Å². The number of rotatable bonds is 3. The topological polar surface area (TPSA) is 26.0 Å². The lowest BCUT2D eigenvalue weighted by Gasteiger charge is -1.91. The van der Waals surface area contributed by atoms with Gasteiger partial charge in [-0.2, -0.15) is 0 Å². The van der Waals surface area contributed by atoms with Crippen LogP contribution in [-0.2, 0) is 6.42 Å². The van der Waals surface area contributed by atoms with Crippen LogP contribution in [0.4, 0.5) is 0 Å². The SMILES string of the molecule is Cc1sc(CCCN)cc1Br. The number of aryl methyl sites for hydroxylation is 2. The van der Waals surface area contributed by atoms with E-state index in [4.69, 9.17) is 5.73 Å². The van der Waals surface area contributed by atoms with E-state index in [0.29, 0.717) is 0 Å². The van der Waals surface area contributed by atoms with Crippen molar-refractivity contribution < 1.29 is 0 Å². The zero-order valence-electron chi connectivity index (χ0n) is 6.56. The molecule has 1 aromatic heterocycles. The fraction of sp³-hybridized carbons (Fsp3) is 0.500. The molecule has 1 heterocycles. The first-order chi connectivity index (χ1) is 5.24. The van der Waals surface area contributed by atoms with E-state index in [0.717, 1.165) is 19.4 Å². The summed E-state index contributed by atoms with van der Waals surface area (Å²) in [6.45, 7) is 2.91. The Morgan fingerprint density at radius 3 is 2.82 bits per heavy atom. The van der Waals surface area contributed by atoms with Crippen molar-refractivity contribution in [3.05, 3.63) is 20.3 Å². The summed E-state index contributed by atoms with van der Waals surface area (Å²) >= 11 is 5.34. The van der Waals surface area contributed by atoms with E-state index < -0.39 is 0 Å². The van der Waals surface area contributed by atoms with Crippen molar-refractivity contribution in [2.45, 2.75) is 19.8 Å². The number of thiophene rings is 1. The van der Waals surface area contributed by atoms with Crippen molar-refractivity contribution in [1.29, 1.82) is 0 Å². The Balaban J connectivity index is 2.58. The van der Waals surface area contributed by atoms with Crippen LogP contribution < -0.4 is 5.73 Å². The monoisotopic (exact) mass is 233 g/mol. The summed E-state index contributed by atoms with van der Waals surface area (Å²) in [6.07, 6.45) is 2.21. The van der Waals surface area contributed by atoms with Crippen LogP contribution in [0, 0.1) is 6.92 Å². The fourth-order valence-electron chi connectivity index (χ4n) is 0.917. The first-order valence-electron chi connectivity index (χ1n) is 3.69. The molecule has 2 N–H and O–H groups in total. The summed E-state index contributed by atoms with van der Waals surface area (Å²) in [4.78, 5) is 2.79. The van der Waals surface area contributed by atoms with Crippen molar-refractivity contribution in [1.82, 2.24) is 0 Å². The molecule has 0 saturated heterocycles. The molecule has 0 radical (unpaired) electrons. The second kappa shape index (κ2) is 4.24. The summed E-state index contributed by atoms with van der Waals surface area (Å²) in [6, 6.07) is 2.19. The third-order valence-corrected chi connectivity index (χ3v) is 3.73. The van der Waals surface area contributed by atoms with Crippen molar-refractivity contribution in [2.75, 3.05) is 6.54 Å². The van der Waals surface area contributed by atoms with Crippen LogP contribution in [0.5, 0.6) is 0 Å². The number of hydrogen-bond acceptors (Lipinski definition) is 2. The summed E-state index contributed by atoms with van der Waals surface area (Å²) < 4.78 is 1.23. The Kier molecular flexibility index (Phi) is 3.55. The van der Waals surface area contributed by atoms with Gasteiger partial charge in [0.2, 0.25) is 0 Å². The Hall–Kier alpha value is 0.140. The Morgan fingerprint density at radius 2 is 2.36 bits per heavy atom. The van der Waals surface area contributed by atoms with E-state index in [-0.39, 0.29) is 0 Å². The molecule has 0 amide bonds. The Bertz CT molecular complexity index is 212. The Labute approximate surface area is 79.7 Å². The van der Waals surface area contributed by atoms with Gasteiger partial charge in [0.15, 0.2) is 0 Å². The molecule has 3 heteroatoms. The quantitative estimate of drug-likeness (QED) is 0.854. The van der Waals surface area contributed by atoms with E-state index in [2.05, 4.69) is 28.9 Å².